The van der Waals surface area contributed by atoms with Gasteiger partial charge in [0.2, 0.25) is 5.91 Å². The molecule has 1 saturated carbocycles. The van der Waals surface area contributed by atoms with Gasteiger partial charge in [0.05, 0.1) is 16.4 Å². The number of amides is 1. The number of hydrogen-bond acceptors (Lipinski definition) is 2. The van der Waals surface area contributed by atoms with Crippen LogP contribution in [-0.4, -0.2) is 26.8 Å². The molecule has 1 aliphatic rings. The third kappa shape index (κ3) is 2.74. The van der Waals surface area contributed by atoms with E-state index in [0.717, 1.165) is 29.7 Å². The number of imidazole rings is 1. The van der Waals surface area contributed by atoms with E-state index < -0.39 is 9.75 Å². The molecule has 1 unspecified atom stereocenters. The molecule has 2 aromatic rings. The molecule has 1 amide bonds. The highest BCUT2D eigenvalue weighted by Gasteiger charge is 2.67. The summed E-state index contributed by atoms with van der Waals surface area (Å²) in [6.45, 7) is 2.39. The number of para-hydroxylation sites is 2. The molecule has 0 spiro atoms. The van der Waals surface area contributed by atoms with Crippen LogP contribution in [0.1, 0.15) is 25.6 Å². The molecule has 1 atom stereocenters. The van der Waals surface area contributed by atoms with Crippen molar-refractivity contribution in [3.05, 3.63) is 30.1 Å². The Morgan fingerprint density at radius 1 is 1.43 bits per heavy atom. The summed E-state index contributed by atoms with van der Waals surface area (Å²) in [4.78, 5) is 19.8. The molecule has 1 fully saturated rings. The van der Waals surface area contributed by atoms with Gasteiger partial charge in [-0.1, -0.05) is 12.1 Å². The van der Waals surface area contributed by atoms with E-state index in [9.17, 15) is 4.79 Å². The molecular weight excluding hydrogens is 309 g/mol. The number of hydrogen-bond donors (Lipinski definition) is 2. The van der Waals surface area contributed by atoms with Crippen LogP contribution in [0.15, 0.2) is 24.3 Å². The third-order valence-corrected chi connectivity index (χ3v) is 5.17. The van der Waals surface area contributed by atoms with E-state index in [1.165, 1.54) is 0 Å². The van der Waals surface area contributed by atoms with Crippen LogP contribution < -0.4 is 5.32 Å². The lowest BCUT2D eigenvalue weighted by molar-refractivity contribution is -0.125. The number of fused-ring (bicyclic) bond motifs is 1. The second-order valence-electron chi connectivity index (χ2n) is 5.77. The third-order valence-electron chi connectivity index (χ3n) is 4.07. The van der Waals surface area contributed by atoms with Crippen LogP contribution in [0.4, 0.5) is 0 Å². The van der Waals surface area contributed by atoms with Gasteiger partial charge in [-0.2, -0.15) is 0 Å². The molecule has 21 heavy (non-hydrogen) atoms. The van der Waals surface area contributed by atoms with Crippen molar-refractivity contribution in [3.63, 3.8) is 0 Å². The Balaban J connectivity index is 1.47. The maximum absolute atomic E-state index is 12.0. The molecule has 112 valence electrons. The number of benzene rings is 1. The fraction of sp³-hybridized carbons (Fsp3) is 0.467. The number of carbonyl (C=O) groups is 1. The SMILES string of the molecule is CC1(C(=O)NCCCc2nc3ccccc3[nH]2)CC1(Cl)Cl. The van der Waals surface area contributed by atoms with Crippen molar-refractivity contribution in [1.29, 1.82) is 0 Å². The van der Waals surface area contributed by atoms with Crippen molar-refractivity contribution in [2.45, 2.75) is 30.5 Å². The smallest absolute Gasteiger partial charge is 0.229 e. The van der Waals surface area contributed by atoms with Crippen molar-refractivity contribution >= 4 is 40.1 Å². The molecule has 2 N–H and O–H groups in total. The Morgan fingerprint density at radius 3 is 2.81 bits per heavy atom. The maximum atomic E-state index is 12.0. The van der Waals surface area contributed by atoms with Gasteiger partial charge in [-0.25, -0.2) is 4.98 Å². The molecule has 4 nitrogen and oxygen atoms in total. The van der Waals surface area contributed by atoms with Gasteiger partial charge in [-0.3, -0.25) is 4.79 Å². The summed E-state index contributed by atoms with van der Waals surface area (Å²) >= 11 is 12.0. The van der Waals surface area contributed by atoms with E-state index in [-0.39, 0.29) is 5.91 Å². The van der Waals surface area contributed by atoms with Gasteiger partial charge in [0.15, 0.2) is 0 Å². The molecule has 0 radical (unpaired) electrons. The molecule has 0 saturated heterocycles. The lowest BCUT2D eigenvalue weighted by atomic mass is 10.1. The van der Waals surface area contributed by atoms with Crippen molar-refractivity contribution in [2.24, 2.45) is 5.41 Å². The predicted molar refractivity (Wildman–Crippen MR) is 84.6 cm³/mol. The maximum Gasteiger partial charge on any atom is 0.229 e. The standard InChI is InChI=1S/C15H17Cl2N3O/c1-14(9-15(14,16)17)13(21)18-8-4-7-12-19-10-5-2-3-6-11(10)20-12/h2-3,5-6H,4,7-9H2,1H3,(H,18,21)(H,19,20). The second-order valence-corrected chi connectivity index (χ2v) is 7.26. The van der Waals surface area contributed by atoms with Crippen molar-refractivity contribution in [1.82, 2.24) is 15.3 Å². The number of aromatic amines is 1. The Labute approximate surface area is 133 Å². The molecule has 3 rings (SSSR count). The monoisotopic (exact) mass is 325 g/mol. The number of nitrogens with one attached hydrogen (secondary N) is 2. The molecule has 0 aliphatic heterocycles. The van der Waals surface area contributed by atoms with E-state index in [0.29, 0.717) is 13.0 Å². The highest BCUT2D eigenvalue weighted by Crippen LogP contribution is 2.63. The number of halogens is 2. The van der Waals surface area contributed by atoms with Crippen LogP contribution >= 0.6 is 23.2 Å². The number of carbonyl (C=O) groups excluding carboxylic acids is 1. The van der Waals surface area contributed by atoms with Crippen LogP contribution in [0.5, 0.6) is 0 Å². The fourth-order valence-electron chi connectivity index (χ4n) is 2.42. The first-order valence-corrected chi connectivity index (χ1v) is 7.78. The van der Waals surface area contributed by atoms with Crippen LogP contribution in [0.3, 0.4) is 0 Å². The number of aromatic nitrogens is 2. The number of alkyl halides is 2. The lowest BCUT2D eigenvalue weighted by Gasteiger charge is -2.12. The van der Waals surface area contributed by atoms with Crippen molar-refractivity contribution in [3.8, 4) is 0 Å². The van der Waals surface area contributed by atoms with Gasteiger partial charge in [0.1, 0.15) is 10.2 Å². The summed E-state index contributed by atoms with van der Waals surface area (Å²) in [6, 6.07) is 7.92. The van der Waals surface area contributed by atoms with Crippen LogP contribution in [0.25, 0.3) is 11.0 Å². The molecule has 6 heteroatoms. The minimum atomic E-state index is -0.907. The Morgan fingerprint density at radius 2 is 2.14 bits per heavy atom. The highest BCUT2D eigenvalue weighted by molar-refractivity contribution is 6.53. The summed E-state index contributed by atoms with van der Waals surface area (Å²) in [7, 11) is 0. The molecular formula is C15H17Cl2N3O. The van der Waals surface area contributed by atoms with Crippen LogP contribution in [0.2, 0.25) is 0 Å². The molecule has 1 aromatic heterocycles. The predicted octanol–water partition coefficient (Wildman–Crippen LogP) is 3.20. The van der Waals surface area contributed by atoms with Gasteiger partial charge in [-0.05, 0) is 31.9 Å². The van der Waals surface area contributed by atoms with E-state index in [4.69, 9.17) is 23.2 Å². The quantitative estimate of drug-likeness (QED) is 0.655. The summed E-state index contributed by atoms with van der Waals surface area (Å²) in [6.07, 6.45) is 2.12. The minimum Gasteiger partial charge on any atom is -0.356 e. The molecule has 0 bridgehead atoms. The zero-order valence-electron chi connectivity index (χ0n) is 11.7. The highest BCUT2D eigenvalue weighted by atomic mass is 35.5. The fourth-order valence-corrected chi connectivity index (χ4v) is 3.13. The Bertz CT molecular complexity index is 649. The Kier molecular flexibility index (Phi) is 3.62. The zero-order valence-corrected chi connectivity index (χ0v) is 13.3. The minimum absolute atomic E-state index is 0.0721. The van der Waals surface area contributed by atoms with Gasteiger partial charge in [-0.15, -0.1) is 23.2 Å². The van der Waals surface area contributed by atoms with Crippen molar-refractivity contribution < 1.29 is 4.79 Å². The zero-order chi connectivity index (χ0) is 15.1. The van der Waals surface area contributed by atoms with Gasteiger partial charge < -0.3 is 10.3 Å². The normalized spacial score (nSPS) is 23.2. The second kappa shape index (κ2) is 5.18. The van der Waals surface area contributed by atoms with Gasteiger partial charge >= 0.3 is 0 Å². The van der Waals surface area contributed by atoms with E-state index in [2.05, 4.69) is 15.3 Å². The number of aryl methyl sites for hydroxylation is 1. The van der Waals surface area contributed by atoms with Crippen LogP contribution in [-0.2, 0) is 11.2 Å². The summed E-state index contributed by atoms with van der Waals surface area (Å²) < 4.78 is -0.907. The van der Waals surface area contributed by atoms with E-state index >= 15 is 0 Å². The summed E-state index contributed by atoms with van der Waals surface area (Å²) in [5.74, 6) is 0.865. The number of H-pyrrole nitrogens is 1. The number of nitrogens with zero attached hydrogens (tertiary/aromatic N) is 1. The summed E-state index contributed by atoms with van der Waals surface area (Å²) in [5.41, 5.74) is 1.36. The van der Waals surface area contributed by atoms with Crippen molar-refractivity contribution in [2.75, 3.05) is 6.54 Å². The average molecular weight is 326 g/mol. The van der Waals surface area contributed by atoms with E-state index in [1.807, 2.05) is 24.3 Å². The molecule has 1 aliphatic carbocycles. The topological polar surface area (TPSA) is 57.8 Å². The average Bonchev–Trinajstić information content (AvgIpc) is 2.82. The first kappa shape index (κ1) is 14.7. The first-order valence-electron chi connectivity index (χ1n) is 7.02. The lowest BCUT2D eigenvalue weighted by Crippen LogP contribution is -2.34. The van der Waals surface area contributed by atoms with Crippen LogP contribution in [0, 0.1) is 5.41 Å². The molecule has 1 heterocycles. The van der Waals surface area contributed by atoms with Gasteiger partial charge in [0, 0.05) is 13.0 Å². The summed E-state index contributed by atoms with van der Waals surface area (Å²) in [5, 5.41) is 2.90. The Hall–Kier alpha value is -1.26. The van der Waals surface area contributed by atoms with Gasteiger partial charge in [0.25, 0.3) is 0 Å². The largest absolute Gasteiger partial charge is 0.356 e. The number of rotatable bonds is 5. The molecule has 1 aromatic carbocycles. The van der Waals surface area contributed by atoms with E-state index in [1.54, 1.807) is 6.92 Å². The first-order chi connectivity index (χ1) is 9.92.